The number of rotatable bonds is 4. The van der Waals surface area contributed by atoms with Crippen molar-refractivity contribution in [3.8, 4) is 0 Å². The standard InChI is InChI=1S/C20H32O2/c1-6-14(2)7-9-16-15(3)8-10-17-19(16,4)12-11-18(22)20(17,5)13-21/h6-7,16-18,21-22H,1,3,8-13H2,2,4-5H3/b14-7+/t16-,17+,18-,19-,20+/m1/s1. The smallest absolute Gasteiger partial charge is 0.0618 e. The summed E-state index contributed by atoms with van der Waals surface area (Å²) in [6.07, 6.45) is 8.58. The zero-order valence-electron chi connectivity index (χ0n) is 14.4. The lowest BCUT2D eigenvalue weighted by Gasteiger charge is -2.59. The summed E-state index contributed by atoms with van der Waals surface area (Å²) in [7, 11) is 0. The van der Waals surface area contributed by atoms with Gasteiger partial charge in [0.1, 0.15) is 0 Å². The van der Waals surface area contributed by atoms with Gasteiger partial charge in [-0.25, -0.2) is 0 Å². The first kappa shape index (κ1) is 17.5. The van der Waals surface area contributed by atoms with Gasteiger partial charge in [-0.2, -0.15) is 0 Å². The van der Waals surface area contributed by atoms with Gasteiger partial charge >= 0.3 is 0 Å². The van der Waals surface area contributed by atoms with Gasteiger partial charge in [0, 0.05) is 5.41 Å². The SMILES string of the molecule is C=C/C(C)=C/C[C@@H]1C(=C)CC[C@@H]2[C@](C)(CO)[C@H](O)CC[C@@]21C. The second-order valence-corrected chi connectivity index (χ2v) is 7.91. The summed E-state index contributed by atoms with van der Waals surface area (Å²) in [4.78, 5) is 0. The summed E-state index contributed by atoms with van der Waals surface area (Å²) in [5, 5.41) is 20.5. The Hall–Kier alpha value is -0.860. The lowest BCUT2D eigenvalue weighted by molar-refractivity contribution is -0.151. The molecule has 2 N–H and O–H groups in total. The lowest BCUT2D eigenvalue weighted by Crippen LogP contribution is -2.57. The molecule has 0 bridgehead atoms. The summed E-state index contributed by atoms with van der Waals surface area (Å²) in [6.45, 7) is 14.7. The van der Waals surface area contributed by atoms with Gasteiger partial charge in [0.2, 0.25) is 0 Å². The van der Waals surface area contributed by atoms with Crippen LogP contribution in [0.15, 0.2) is 36.5 Å². The molecule has 0 amide bonds. The largest absolute Gasteiger partial charge is 0.396 e. The number of fused-ring (bicyclic) bond motifs is 1. The molecule has 0 unspecified atom stereocenters. The Bertz CT molecular complexity index is 478. The van der Waals surface area contributed by atoms with Gasteiger partial charge in [0.15, 0.2) is 0 Å². The predicted molar refractivity (Wildman–Crippen MR) is 92.5 cm³/mol. The van der Waals surface area contributed by atoms with Gasteiger partial charge in [-0.15, -0.1) is 0 Å². The summed E-state index contributed by atoms with van der Waals surface area (Å²) < 4.78 is 0. The molecule has 2 nitrogen and oxygen atoms in total. The molecular formula is C20H32O2. The van der Waals surface area contributed by atoms with Gasteiger partial charge in [-0.1, -0.05) is 50.3 Å². The zero-order chi connectivity index (χ0) is 16.5. The summed E-state index contributed by atoms with van der Waals surface area (Å²) in [5.41, 5.74) is 2.27. The van der Waals surface area contributed by atoms with E-state index in [1.807, 2.05) is 6.08 Å². The van der Waals surface area contributed by atoms with Crippen LogP contribution in [0.4, 0.5) is 0 Å². The Kier molecular flexibility index (Phi) is 5.03. The molecular weight excluding hydrogens is 272 g/mol. The van der Waals surface area contributed by atoms with Crippen molar-refractivity contribution in [1.82, 2.24) is 0 Å². The van der Waals surface area contributed by atoms with Crippen molar-refractivity contribution in [2.45, 2.75) is 59.0 Å². The van der Waals surface area contributed by atoms with Crippen molar-refractivity contribution in [2.75, 3.05) is 6.61 Å². The molecule has 0 radical (unpaired) electrons. The highest BCUT2D eigenvalue weighted by Crippen LogP contribution is 2.61. The Morgan fingerprint density at radius 3 is 2.64 bits per heavy atom. The zero-order valence-corrected chi connectivity index (χ0v) is 14.4. The molecule has 0 aromatic carbocycles. The molecule has 0 heterocycles. The molecule has 22 heavy (non-hydrogen) atoms. The van der Waals surface area contributed by atoms with E-state index in [0.717, 1.165) is 32.1 Å². The van der Waals surface area contributed by atoms with E-state index in [0.29, 0.717) is 11.8 Å². The van der Waals surface area contributed by atoms with Crippen LogP contribution in [0.3, 0.4) is 0 Å². The maximum absolute atomic E-state index is 10.5. The number of aliphatic hydroxyl groups excluding tert-OH is 2. The number of hydrogen-bond acceptors (Lipinski definition) is 2. The molecule has 0 aromatic heterocycles. The van der Waals surface area contributed by atoms with Crippen molar-refractivity contribution in [1.29, 1.82) is 0 Å². The molecule has 5 atom stereocenters. The monoisotopic (exact) mass is 304 g/mol. The fourth-order valence-corrected chi connectivity index (χ4v) is 5.02. The van der Waals surface area contributed by atoms with Crippen LogP contribution in [0, 0.1) is 22.7 Å². The number of hydrogen-bond donors (Lipinski definition) is 2. The fraction of sp³-hybridized carbons (Fsp3) is 0.700. The Morgan fingerprint density at radius 2 is 2.05 bits per heavy atom. The topological polar surface area (TPSA) is 40.5 Å². The van der Waals surface area contributed by atoms with Crippen molar-refractivity contribution < 1.29 is 10.2 Å². The minimum atomic E-state index is -0.395. The highest BCUT2D eigenvalue weighted by atomic mass is 16.3. The average molecular weight is 304 g/mol. The molecule has 0 aliphatic heterocycles. The van der Waals surface area contributed by atoms with Crippen LogP contribution in [0.25, 0.3) is 0 Å². The maximum Gasteiger partial charge on any atom is 0.0618 e. The van der Waals surface area contributed by atoms with Crippen LogP contribution >= 0.6 is 0 Å². The number of allylic oxidation sites excluding steroid dienone is 4. The Balaban J connectivity index is 2.35. The summed E-state index contributed by atoms with van der Waals surface area (Å²) >= 11 is 0. The second-order valence-electron chi connectivity index (χ2n) is 7.91. The van der Waals surface area contributed by atoms with Crippen LogP contribution in [0.2, 0.25) is 0 Å². The number of aliphatic hydroxyl groups is 2. The van der Waals surface area contributed by atoms with Crippen molar-refractivity contribution in [2.24, 2.45) is 22.7 Å². The molecule has 0 aromatic rings. The molecule has 2 saturated carbocycles. The lowest BCUT2D eigenvalue weighted by atomic mass is 9.46. The first-order valence-corrected chi connectivity index (χ1v) is 8.55. The summed E-state index contributed by atoms with van der Waals surface area (Å²) in [5.74, 6) is 0.779. The molecule has 2 heteroatoms. The molecule has 2 fully saturated rings. The van der Waals surface area contributed by atoms with E-state index in [-0.39, 0.29) is 17.4 Å². The van der Waals surface area contributed by atoms with Crippen molar-refractivity contribution in [3.05, 3.63) is 36.5 Å². The first-order chi connectivity index (χ1) is 10.3. The maximum atomic E-state index is 10.5. The van der Waals surface area contributed by atoms with E-state index >= 15 is 0 Å². The quantitative estimate of drug-likeness (QED) is 0.602. The normalized spacial score (nSPS) is 42.9. The molecule has 0 spiro atoms. The third-order valence-corrected chi connectivity index (χ3v) is 6.69. The fourth-order valence-electron chi connectivity index (χ4n) is 5.02. The van der Waals surface area contributed by atoms with Crippen LogP contribution < -0.4 is 0 Å². The summed E-state index contributed by atoms with van der Waals surface area (Å²) in [6, 6.07) is 0. The highest BCUT2D eigenvalue weighted by molar-refractivity contribution is 5.21. The minimum Gasteiger partial charge on any atom is -0.396 e. The molecule has 0 saturated heterocycles. The van der Waals surface area contributed by atoms with Crippen LogP contribution in [0.5, 0.6) is 0 Å². The third kappa shape index (κ3) is 2.72. The molecule has 124 valence electrons. The van der Waals surface area contributed by atoms with Gasteiger partial charge in [0.05, 0.1) is 12.7 Å². The van der Waals surface area contributed by atoms with Gasteiger partial charge < -0.3 is 10.2 Å². The molecule has 2 rings (SSSR count). The van der Waals surface area contributed by atoms with Crippen LogP contribution in [0.1, 0.15) is 52.9 Å². The van der Waals surface area contributed by atoms with Crippen molar-refractivity contribution in [3.63, 3.8) is 0 Å². The highest BCUT2D eigenvalue weighted by Gasteiger charge is 2.57. The van der Waals surface area contributed by atoms with Gasteiger partial charge in [-0.05, 0) is 56.3 Å². The van der Waals surface area contributed by atoms with Gasteiger partial charge in [0.25, 0.3) is 0 Å². The predicted octanol–water partition coefficient (Wildman–Crippen LogP) is 4.25. The van der Waals surface area contributed by atoms with E-state index < -0.39 is 6.10 Å². The first-order valence-electron chi connectivity index (χ1n) is 8.55. The molecule has 2 aliphatic rings. The van der Waals surface area contributed by atoms with Crippen molar-refractivity contribution >= 4 is 0 Å². The van der Waals surface area contributed by atoms with E-state index in [9.17, 15) is 10.2 Å². The average Bonchev–Trinajstić information content (AvgIpc) is 2.50. The van der Waals surface area contributed by atoms with E-state index in [2.05, 4.69) is 40.0 Å². The van der Waals surface area contributed by atoms with Crippen LogP contribution in [-0.2, 0) is 0 Å². The van der Waals surface area contributed by atoms with E-state index in [4.69, 9.17) is 0 Å². The third-order valence-electron chi connectivity index (χ3n) is 6.69. The van der Waals surface area contributed by atoms with Crippen LogP contribution in [-0.4, -0.2) is 22.9 Å². The second kappa shape index (κ2) is 6.33. The Morgan fingerprint density at radius 1 is 1.36 bits per heavy atom. The van der Waals surface area contributed by atoms with E-state index in [1.165, 1.54) is 11.1 Å². The van der Waals surface area contributed by atoms with E-state index in [1.54, 1.807) is 0 Å². The Labute approximate surface area is 135 Å². The minimum absolute atomic E-state index is 0.0646. The molecule has 2 aliphatic carbocycles. The van der Waals surface area contributed by atoms with Gasteiger partial charge in [-0.3, -0.25) is 0 Å².